The number of aromatic nitrogens is 2. The molecular formula is C13H16FN3. The Labute approximate surface area is 100 Å². The second-order valence-electron chi connectivity index (χ2n) is 3.98. The van der Waals surface area contributed by atoms with E-state index in [-0.39, 0.29) is 5.82 Å². The van der Waals surface area contributed by atoms with Crippen LogP contribution in [0.4, 0.5) is 4.39 Å². The van der Waals surface area contributed by atoms with Crippen LogP contribution in [0.2, 0.25) is 0 Å². The number of rotatable bonds is 4. The first-order valence-electron chi connectivity index (χ1n) is 5.75. The van der Waals surface area contributed by atoms with Crippen molar-refractivity contribution in [2.24, 2.45) is 5.73 Å². The summed E-state index contributed by atoms with van der Waals surface area (Å²) in [6.07, 6.45) is 2.67. The van der Waals surface area contributed by atoms with Crippen LogP contribution in [-0.2, 0) is 6.54 Å². The highest BCUT2D eigenvalue weighted by Crippen LogP contribution is 2.21. The fourth-order valence-corrected chi connectivity index (χ4v) is 1.89. The SMILES string of the molecule is CCCn1nccc1C(N)c1ccccc1F. The van der Waals surface area contributed by atoms with Gasteiger partial charge in [-0.1, -0.05) is 25.1 Å². The molecule has 2 N–H and O–H groups in total. The van der Waals surface area contributed by atoms with Crippen LogP contribution in [-0.4, -0.2) is 9.78 Å². The van der Waals surface area contributed by atoms with Gasteiger partial charge < -0.3 is 5.73 Å². The quantitative estimate of drug-likeness (QED) is 0.881. The Bertz CT molecular complexity index is 493. The lowest BCUT2D eigenvalue weighted by molar-refractivity contribution is 0.545. The highest BCUT2D eigenvalue weighted by atomic mass is 19.1. The number of nitrogens with two attached hydrogens (primary N) is 1. The second-order valence-corrected chi connectivity index (χ2v) is 3.98. The third kappa shape index (κ3) is 2.36. The van der Waals surface area contributed by atoms with Gasteiger partial charge in [0.25, 0.3) is 0 Å². The molecule has 90 valence electrons. The maximum Gasteiger partial charge on any atom is 0.128 e. The summed E-state index contributed by atoms with van der Waals surface area (Å²) in [5, 5.41) is 4.20. The summed E-state index contributed by atoms with van der Waals surface area (Å²) in [6.45, 7) is 2.87. The molecule has 0 aliphatic carbocycles. The lowest BCUT2D eigenvalue weighted by Crippen LogP contribution is -2.18. The normalized spacial score (nSPS) is 12.6. The predicted molar refractivity (Wildman–Crippen MR) is 64.9 cm³/mol. The molecule has 0 bridgehead atoms. The number of aryl methyl sites for hydroxylation is 1. The van der Waals surface area contributed by atoms with Crippen LogP contribution in [0.5, 0.6) is 0 Å². The van der Waals surface area contributed by atoms with Gasteiger partial charge in [0, 0.05) is 18.3 Å². The van der Waals surface area contributed by atoms with E-state index in [0.717, 1.165) is 18.7 Å². The Morgan fingerprint density at radius 1 is 1.35 bits per heavy atom. The van der Waals surface area contributed by atoms with E-state index in [1.54, 1.807) is 24.4 Å². The van der Waals surface area contributed by atoms with Gasteiger partial charge in [0.05, 0.1) is 11.7 Å². The fourth-order valence-electron chi connectivity index (χ4n) is 1.89. The molecule has 1 atom stereocenters. The molecule has 4 heteroatoms. The van der Waals surface area contributed by atoms with Crippen LogP contribution in [0.3, 0.4) is 0 Å². The molecule has 2 rings (SSSR count). The molecule has 0 saturated heterocycles. The van der Waals surface area contributed by atoms with Crippen LogP contribution >= 0.6 is 0 Å². The van der Waals surface area contributed by atoms with Crippen LogP contribution in [0.15, 0.2) is 36.5 Å². The topological polar surface area (TPSA) is 43.8 Å². The zero-order valence-corrected chi connectivity index (χ0v) is 9.81. The second kappa shape index (κ2) is 5.10. The monoisotopic (exact) mass is 233 g/mol. The van der Waals surface area contributed by atoms with E-state index in [2.05, 4.69) is 12.0 Å². The number of hydrogen-bond acceptors (Lipinski definition) is 2. The molecule has 0 aliphatic heterocycles. The van der Waals surface area contributed by atoms with Gasteiger partial charge in [0.2, 0.25) is 0 Å². The summed E-state index contributed by atoms with van der Waals surface area (Å²) in [7, 11) is 0. The first-order valence-corrected chi connectivity index (χ1v) is 5.75. The number of hydrogen-bond donors (Lipinski definition) is 1. The van der Waals surface area contributed by atoms with E-state index in [1.165, 1.54) is 6.07 Å². The molecule has 1 unspecified atom stereocenters. The Kier molecular flexibility index (Phi) is 3.54. The largest absolute Gasteiger partial charge is 0.319 e. The molecule has 1 aromatic heterocycles. The van der Waals surface area contributed by atoms with E-state index in [1.807, 2.05) is 10.7 Å². The van der Waals surface area contributed by atoms with Gasteiger partial charge in [0.1, 0.15) is 5.82 Å². The van der Waals surface area contributed by atoms with Crippen molar-refractivity contribution in [3.8, 4) is 0 Å². The molecule has 2 aromatic rings. The zero-order chi connectivity index (χ0) is 12.3. The Morgan fingerprint density at radius 3 is 2.82 bits per heavy atom. The van der Waals surface area contributed by atoms with E-state index in [4.69, 9.17) is 5.73 Å². The van der Waals surface area contributed by atoms with Gasteiger partial charge in [-0.3, -0.25) is 4.68 Å². The molecule has 1 heterocycles. The number of benzene rings is 1. The van der Waals surface area contributed by atoms with Crippen molar-refractivity contribution >= 4 is 0 Å². The lowest BCUT2D eigenvalue weighted by Gasteiger charge is -2.14. The maximum atomic E-state index is 13.6. The van der Waals surface area contributed by atoms with Gasteiger partial charge in [-0.15, -0.1) is 0 Å². The molecule has 0 spiro atoms. The fraction of sp³-hybridized carbons (Fsp3) is 0.308. The van der Waals surface area contributed by atoms with Gasteiger partial charge >= 0.3 is 0 Å². The van der Waals surface area contributed by atoms with Crippen molar-refractivity contribution in [1.82, 2.24) is 9.78 Å². The van der Waals surface area contributed by atoms with Gasteiger partial charge in [-0.2, -0.15) is 5.10 Å². The molecule has 3 nitrogen and oxygen atoms in total. The predicted octanol–water partition coefficient (Wildman–Crippen LogP) is 2.48. The van der Waals surface area contributed by atoms with Gasteiger partial charge in [0.15, 0.2) is 0 Å². The van der Waals surface area contributed by atoms with E-state index < -0.39 is 6.04 Å². The minimum atomic E-state index is -0.467. The van der Waals surface area contributed by atoms with Gasteiger partial charge in [-0.05, 0) is 18.6 Å². The Balaban J connectivity index is 2.34. The van der Waals surface area contributed by atoms with Gasteiger partial charge in [-0.25, -0.2) is 4.39 Å². The van der Waals surface area contributed by atoms with Crippen LogP contribution in [0.1, 0.15) is 30.6 Å². The molecule has 0 aliphatic rings. The van der Waals surface area contributed by atoms with Crippen molar-refractivity contribution in [3.05, 3.63) is 53.6 Å². The van der Waals surface area contributed by atoms with Crippen molar-refractivity contribution in [2.45, 2.75) is 25.9 Å². The van der Waals surface area contributed by atoms with Crippen molar-refractivity contribution in [1.29, 1.82) is 0 Å². The summed E-state index contributed by atoms with van der Waals surface area (Å²) in [5.41, 5.74) is 7.44. The molecular weight excluding hydrogens is 217 g/mol. The third-order valence-electron chi connectivity index (χ3n) is 2.74. The maximum absolute atomic E-state index is 13.6. The van der Waals surface area contributed by atoms with Crippen LogP contribution in [0.25, 0.3) is 0 Å². The van der Waals surface area contributed by atoms with E-state index >= 15 is 0 Å². The summed E-state index contributed by atoms with van der Waals surface area (Å²) in [4.78, 5) is 0. The Hall–Kier alpha value is -1.68. The van der Waals surface area contributed by atoms with Crippen LogP contribution < -0.4 is 5.73 Å². The highest BCUT2D eigenvalue weighted by Gasteiger charge is 2.16. The molecule has 0 amide bonds. The van der Waals surface area contributed by atoms with Crippen molar-refractivity contribution in [3.63, 3.8) is 0 Å². The van der Waals surface area contributed by atoms with Crippen molar-refractivity contribution in [2.75, 3.05) is 0 Å². The van der Waals surface area contributed by atoms with E-state index in [0.29, 0.717) is 5.56 Å². The number of halogens is 1. The van der Waals surface area contributed by atoms with E-state index in [9.17, 15) is 4.39 Å². The smallest absolute Gasteiger partial charge is 0.128 e. The zero-order valence-electron chi connectivity index (χ0n) is 9.81. The lowest BCUT2D eigenvalue weighted by atomic mass is 10.0. The average molecular weight is 233 g/mol. The first kappa shape index (κ1) is 11.8. The molecule has 0 saturated carbocycles. The average Bonchev–Trinajstić information content (AvgIpc) is 2.78. The summed E-state index contributed by atoms with van der Waals surface area (Å²) >= 11 is 0. The summed E-state index contributed by atoms with van der Waals surface area (Å²) in [6, 6.07) is 7.96. The molecule has 0 fully saturated rings. The van der Waals surface area contributed by atoms with Crippen molar-refractivity contribution < 1.29 is 4.39 Å². The minimum Gasteiger partial charge on any atom is -0.319 e. The molecule has 17 heavy (non-hydrogen) atoms. The molecule has 1 aromatic carbocycles. The summed E-state index contributed by atoms with van der Waals surface area (Å²) < 4.78 is 15.5. The molecule has 0 radical (unpaired) electrons. The number of nitrogens with zero attached hydrogens (tertiary/aromatic N) is 2. The first-order chi connectivity index (χ1) is 8.24. The summed E-state index contributed by atoms with van der Waals surface area (Å²) in [5.74, 6) is -0.274. The van der Waals surface area contributed by atoms with Crippen LogP contribution in [0, 0.1) is 5.82 Å². The third-order valence-corrected chi connectivity index (χ3v) is 2.74. The highest BCUT2D eigenvalue weighted by molar-refractivity contribution is 5.28. The Morgan fingerprint density at radius 2 is 2.12 bits per heavy atom. The minimum absolute atomic E-state index is 0.274. The standard InChI is InChI=1S/C13H16FN3/c1-2-9-17-12(7-8-16-17)13(15)10-5-3-4-6-11(10)14/h3-8,13H,2,9,15H2,1H3.